The van der Waals surface area contributed by atoms with Crippen LogP contribution in [0, 0.1) is 35.0 Å². The van der Waals surface area contributed by atoms with E-state index in [1.807, 2.05) is 6.07 Å². The summed E-state index contributed by atoms with van der Waals surface area (Å²) in [4.78, 5) is 20.7. The Bertz CT molecular complexity index is 1310. The van der Waals surface area contributed by atoms with Crippen LogP contribution in [0.2, 0.25) is 0 Å². The summed E-state index contributed by atoms with van der Waals surface area (Å²) in [5.41, 5.74) is 3.91. The van der Waals surface area contributed by atoms with Gasteiger partial charge in [0.05, 0.1) is 6.61 Å². The summed E-state index contributed by atoms with van der Waals surface area (Å²) in [6.07, 6.45) is 17.6. The van der Waals surface area contributed by atoms with Crippen LogP contribution in [0.3, 0.4) is 0 Å². The predicted octanol–water partition coefficient (Wildman–Crippen LogP) is 7.87. The Morgan fingerprint density at radius 3 is 1.94 bits per heavy atom. The molecule has 0 aromatic heterocycles. The Kier molecular flexibility index (Phi) is 11.6. The Morgan fingerprint density at radius 1 is 0.796 bits per heavy atom. The zero-order chi connectivity index (χ0) is 33.6. The molecule has 1 amide bonds. The van der Waals surface area contributed by atoms with E-state index in [0.717, 1.165) is 80.1 Å². The molecule has 6 heteroatoms. The van der Waals surface area contributed by atoms with E-state index in [9.17, 15) is 4.79 Å². The second kappa shape index (κ2) is 16.3. The molecule has 2 saturated heterocycles. The summed E-state index contributed by atoms with van der Waals surface area (Å²) >= 11 is 0. The number of amides is 1. The average molecular weight is 669 g/mol. The Morgan fingerprint density at radius 2 is 1.37 bits per heavy atom. The number of hydrogen-bond acceptors (Lipinski definition) is 5. The second-order valence-corrected chi connectivity index (χ2v) is 17.5. The van der Waals surface area contributed by atoms with Crippen LogP contribution in [0.4, 0.5) is 0 Å². The van der Waals surface area contributed by atoms with Crippen molar-refractivity contribution in [2.45, 2.75) is 96.6 Å². The van der Waals surface area contributed by atoms with Gasteiger partial charge in [0.15, 0.2) is 0 Å². The van der Waals surface area contributed by atoms with Gasteiger partial charge in [-0.25, -0.2) is 0 Å². The van der Waals surface area contributed by atoms with Crippen LogP contribution in [0.25, 0.3) is 0 Å². The van der Waals surface area contributed by atoms with Crippen LogP contribution in [-0.4, -0.2) is 80.6 Å². The lowest BCUT2D eigenvalue weighted by atomic mass is 9.49. The van der Waals surface area contributed by atoms with Crippen molar-refractivity contribution in [3.05, 3.63) is 65.2 Å². The number of ether oxygens (including phenoxy) is 1. The predicted molar refractivity (Wildman–Crippen MR) is 200 cm³/mol. The molecule has 8 rings (SSSR count). The molecule has 4 saturated carbocycles. The van der Waals surface area contributed by atoms with Gasteiger partial charge in [-0.05, 0) is 181 Å². The molecule has 6 nitrogen and oxygen atoms in total. The molecule has 0 spiro atoms. The normalized spacial score (nSPS) is 27.9. The van der Waals surface area contributed by atoms with Crippen LogP contribution >= 0.6 is 0 Å². The van der Waals surface area contributed by atoms with Gasteiger partial charge in [-0.15, -0.1) is 0 Å². The van der Waals surface area contributed by atoms with Gasteiger partial charge in [0.25, 0.3) is 5.91 Å². The molecular weight excluding hydrogens is 604 g/mol. The number of rotatable bonds is 15. The molecule has 2 heterocycles. The van der Waals surface area contributed by atoms with E-state index in [2.05, 4.69) is 76.6 Å². The van der Waals surface area contributed by atoms with Gasteiger partial charge < -0.3 is 15.0 Å². The molecule has 4 bridgehead atoms. The third-order valence-corrected chi connectivity index (χ3v) is 13.1. The number of hydrogen-bond donors (Lipinski definition) is 1. The van der Waals surface area contributed by atoms with Crippen molar-refractivity contribution in [2.24, 2.45) is 35.0 Å². The van der Waals surface area contributed by atoms with E-state index < -0.39 is 0 Å². The third kappa shape index (κ3) is 9.68. The molecule has 2 aliphatic heterocycles. The first-order valence-corrected chi connectivity index (χ1v) is 20.0. The van der Waals surface area contributed by atoms with E-state index in [1.54, 1.807) is 0 Å². The highest BCUT2D eigenvalue weighted by Crippen LogP contribution is 2.59. The van der Waals surface area contributed by atoms with E-state index in [4.69, 9.17) is 4.74 Å². The average Bonchev–Trinajstić information content (AvgIpc) is 3.10. The first-order valence-electron chi connectivity index (χ1n) is 20.0. The van der Waals surface area contributed by atoms with Crippen molar-refractivity contribution in [3.8, 4) is 5.75 Å². The van der Waals surface area contributed by atoms with Crippen LogP contribution in [0.15, 0.2) is 48.5 Å². The summed E-state index contributed by atoms with van der Waals surface area (Å²) in [7, 11) is 4.21. The highest BCUT2D eigenvalue weighted by Gasteiger charge is 2.50. The Labute approximate surface area is 297 Å². The van der Waals surface area contributed by atoms with Crippen molar-refractivity contribution >= 4 is 5.91 Å². The Hall–Kier alpha value is -2.41. The van der Waals surface area contributed by atoms with E-state index >= 15 is 0 Å². The fourth-order valence-corrected chi connectivity index (χ4v) is 10.8. The maximum Gasteiger partial charge on any atom is 0.251 e. The monoisotopic (exact) mass is 669 g/mol. The fraction of sp³-hybridized carbons (Fsp3) is 0.698. The maximum absolute atomic E-state index is 13.3. The van der Waals surface area contributed by atoms with Crippen molar-refractivity contribution in [2.75, 3.05) is 60.0 Å². The smallest absolute Gasteiger partial charge is 0.251 e. The molecule has 49 heavy (non-hydrogen) atoms. The van der Waals surface area contributed by atoms with Crippen LogP contribution in [-0.2, 0) is 13.1 Å². The van der Waals surface area contributed by atoms with Gasteiger partial charge in [0, 0.05) is 31.7 Å². The fourth-order valence-electron chi connectivity index (χ4n) is 10.8. The number of nitrogens with one attached hydrogen (secondary N) is 1. The van der Waals surface area contributed by atoms with Gasteiger partial charge >= 0.3 is 0 Å². The highest BCUT2D eigenvalue weighted by atomic mass is 16.5. The van der Waals surface area contributed by atoms with Gasteiger partial charge in [-0.2, -0.15) is 0 Å². The van der Waals surface area contributed by atoms with Crippen molar-refractivity contribution < 1.29 is 9.53 Å². The summed E-state index contributed by atoms with van der Waals surface area (Å²) < 4.78 is 5.92. The number of carbonyl (C=O) groups excluding carboxylic acids is 1. The topological polar surface area (TPSA) is 48.1 Å². The molecule has 4 aliphatic carbocycles. The first-order chi connectivity index (χ1) is 23.9. The quantitative estimate of drug-likeness (QED) is 0.196. The number of benzene rings is 2. The summed E-state index contributed by atoms with van der Waals surface area (Å²) in [5.74, 6) is 5.67. The molecule has 0 atom stereocenters. The van der Waals surface area contributed by atoms with E-state index in [-0.39, 0.29) is 5.91 Å². The van der Waals surface area contributed by atoms with Gasteiger partial charge in [-0.3, -0.25) is 14.6 Å². The lowest BCUT2D eigenvalue weighted by Gasteiger charge is -2.56. The molecule has 0 unspecified atom stereocenters. The SMILES string of the molecule is CN(C)CCCOc1ccc(CN2CCC(CCC3CCN(Cc4cccc(C(=O)NCC56CC7CC(CC(C7)C5)C6)c4)CC3)CC2)cc1. The number of piperidine rings is 2. The minimum Gasteiger partial charge on any atom is -0.494 e. The maximum atomic E-state index is 13.3. The molecular formula is C43H64N4O2. The zero-order valence-electron chi connectivity index (χ0n) is 30.7. The minimum absolute atomic E-state index is 0.132. The van der Waals surface area contributed by atoms with E-state index in [1.165, 1.54) is 114 Å². The molecule has 0 radical (unpaired) electrons. The van der Waals surface area contributed by atoms with Crippen LogP contribution < -0.4 is 10.1 Å². The summed E-state index contributed by atoms with van der Waals surface area (Å²) in [6.45, 7) is 9.57. The lowest BCUT2D eigenvalue weighted by Crippen LogP contribution is -2.51. The standard InChI is InChI=1S/C43H64N4O2/c1-45(2)17-4-22-49-41-11-9-35(10-12-41)30-46-18-13-33(14-19-46)7-8-34-15-20-47(21-16-34)31-36-5-3-6-40(26-36)42(48)44-32-43-27-37-23-38(28-43)25-39(24-37)29-43/h3,5-6,9-12,26,33-34,37-39H,4,7-8,13-25,27-32H2,1-2H3,(H,44,48). The number of nitrogens with zero attached hydrogens (tertiary/aromatic N) is 3. The molecule has 2 aromatic rings. The Balaban J connectivity index is 0.769. The van der Waals surface area contributed by atoms with Gasteiger partial charge in [0.1, 0.15) is 5.75 Å². The zero-order valence-corrected chi connectivity index (χ0v) is 30.7. The highest BCUT2D eigenvalue weighted by molar-refractivity contribution is 5.94. The first kappa shape index (κ1) is 35.0. The van der Waals surface area contributed by atoms with Gasteiger partial charge in [-0.1, -0.05) is 37.1 Å². The summed E-state index contributed by atoms with van der Waals surface area (Å²) in [5, 5.41) is 3.40. The largest absolute Gasteiger partial charge is 0.494 e. The molecule has 2 aromatic carbocycles. The van der Waals surface area contributed by atoms with Crippen LogP contribution in [0.5, 0.6) is 5.75 Å². The van der Waals surface area contributed by atoms with Gasteiger partial charge in [0.2, 0.25) is 0 Å². The minimum atomic E-state index is 0.132. The number of carbonyl (C=O) groups is 1. The lowest BCUT2D eigenvalue weighted by molar-refractivity contribution is -0.0503. The van der Waals surface area contributed by atoms with Crippen molar-refractivity contribution in [3.63, 3.8) is 0 Å². The molecule has 6 fully saturated rings. The van der Waals surface area contributed by atoms with Crippen molar-refractivity contribution in [1.29, 1.82) is 0 Å². The summed E-state index contributed by atoms with van der Waals surface area (Å²) in [6, 6.07) is 17.3. The van der Waals surface area contributed by atoms with Crippen LogP contribution in [0.1, 0.15) is 105 Å². The van der Waals surface area contributed by atoms with Crippen molar-refractivity contribution in [1.82, 2.24) is 20.0 Å². The number of likely N-dealkylation sites (tertiary alicyclic amines) is 2. The third-order valence-electron chi connectivity index (χ3n) is 13.1. The van der Waals surface area contributed by atoms with E-state index in [0.29, 0.717) is 5.41 Å². The second-order valence-electron chi connectivity index (χ2n) is 17.5. The molecule has 6 aliphatic rings. The molecule has 1 N–H and O–H groups in total. The molecule has 268 valence electrons.